The number of hydrogen-bond acceptors (Lipinski definition) is 4. The summed E-state index contributed by atoms with van der Waals surface area (Å²) in [4.78, 5) is 10.7. The topological polar surface area (TPSA) is 101 Å². The van der Waals surface area contributed by atoms with Gasteiger partial charge in [0.25, 0.3) is 0 Å². The maximum atomic E-state index is 11.3. The molecule has 0 amide bonds. The lowest BCUT2D eigenvalue weighted by Crippen LogP contribution is -2.45. The molecule has 0 saturated heterocycles. The summed E-state index contributed by atoms with van der Waals surface area (Å²) < 4.78 is 36.6. The summed E-state index contributed by atoms with van der Waals surface area (Å²) >= 11 is 0. The first-order chi connectivity index (χ1) is 13.0. The van der Waals surface area contributed by atoms with Gasteiger partial charge in [0.1, 0.15) is 0 Å². The van der Waals surface area contributed by atoms with Crippen LogP contribution in [-0.2, 0) is 19.4 Å². The molecule has 1 saturated carbocycles. The van der Waals surface area contributed by atoms with E-state index in [1.165, 1.54) is 17.2 Å². The van der Waals surface area contributed by atoms with Crippen LogP contribution in [0.3, 0.4) is 0 Å². The fourth-order valence-corrected chi connectivity index (χ4v) is 5.54. The van der Waals surface area contributed by atoms with Gasteiger partial charge in [0.05, 0.1) is 6.10 Å². The van der Waals surface area contributed by atoms with E-state index in [1.807, 2.05) is 19.9 Å². The highest BCUT2D eigenvalue weighted by molar-refractivity contribution is 7.80. The highest BCUT2D eigenvalue weighted by Crippen LogP contribution is 2.51. The van der Waals surface area contributed by atoms with Crippen molar-refractivity contribution in [3.05, 3.63) is 47.6 Å². The zero-order valence-electron chi connectivity index (χ0n) is 16.8. The van der Waals surface area contributed by atoms with Gasteiger partial charge in [-0.05, 0) is 57.3 Å². The van der Waals surface area contributed by atoms with Crippen molar-refractivity contribution in [3.8, 4) is 0 Å². The van der Waals surface area contributed by atoms with Crippen molar-refractivity contribution >= 4 is 16.4 Å². The summed E-state index contributed by atoms with van der Waals surface area (Å²) in [6, 6.07) is 0. The van der Waals surface area contributed by atoms with Gasteiger partial charge in [0.15, 0.2) is 0 Å². The number of carboxylic acid groups (broad SMARTS) is 1. The highest BCUT2D eigenvalue weighted by Gasteiger charge is 2.46. The lowest BCUT2D eigenvalue weighted by Gasteiger charge is -2.49. The van der Waals surface area contributed by atoms with E-state index < -0.39 is 22.5 Å². The third-order valence-electron chi connectivity index (χ3n) is 6.14. The third kappa shape index (κ3) is 5.43. The molecular formula is C21H30O6S. The zero-order chi connectivity index (χ0) is 21.1. The van der Waals surface area contributed by atoms with Gasteiger partial charge in [0.2, 0.25) is 0 Å². The Morgan fingerprint density at radius 2 is 1.96 bits per heavy atom. The molecule has 0 bridgehead atoms. The van der Waals surface area contributed by atoms with Gasteiger partial charge in [-0.3, -0.25) is 4.55 Å². The molecule has 2 aliphatic carbocycles. The number of carboxylic acids is 1. The van der Waals surface area contributed by atoms with Crippen molar-refractivity contribution in [2.45, 2.75) is 46.6 Å². The SMILES string of the molecule is C/C=C(\C)C1C(C)=CC2CCC(OS(=O)(=O)O)C(C)C2C1/C=C/C=C/C(=O)O. The number of hydrogen-bond donors (Lipinski definition) is 2. The Labute approximate surface area is 167 Å². The number of allylic oxidation sites excluding steroid dienone is 7. The molecule has 6 nitrogen and oxygen atoms in total. The molecule has 0 aromatic carbocycles. The van der Waals surface area contributed by atoms with Gasteiger partial charge in [-0.25, -0.2) is 8.98 Å². The first-order valence-corrected chi connectivity index (χ1v) is 11.0. The predicted molar refractivity (Wildman–Crippen MR) is 108 cm³/mol. The Bertz CT molecular complexity index is 805. The molecule has 0 radical (unpaired) electrons. The second kappa shape index (κ2) is 9.20. The van der Waals surface area contributed by atoms with Crippen LogP contribution in [0.1, 0.15) is 40.5 Å². The second-order valence-corrected chi connectivity index (χ2v) is 8.87. The molecule has 6 unspecified atom stereocenters. The molecule has 2 N–H and O–H groups in total. The van der Waals surface area contributed by atoms with Crippen LogP contribution >= 0.6 is 0 Å². The van der Waals surface area contributed by atoms with E-state index in [0.29, 0.717) is 6.42 Å². The van der Waals surface area contributed by atoms with Gasteiger partial charge in [-0.15, -0.1) is 0 Å². The van der Waals surface area contributed by atoms with Crippen molar-refractivity contribution in [2.75, 3.05) is 0 Å². The Morgan fingerprint density at radius 3 is 2.54 bits per heavy atom. The van der Waals surface area contributed by atoms with E-state index in [1.54, 1.807) is 6.08 Å². The highest BCUT2D eigenvalue weighted by atomic mass is 32.3. The summed E-state index contributed by atoms with van der Waals surface area (Å²) in [6.45, 7) is 8.16. The van der Waals surface area contributed by atoms with E-state index in [4.69, 9.17) is 13.8 Å². The van der Waals surface area contributed by atoms with Gasteiger partial charge < -0.3 is 5.11 Å². The van der Waals surface area contributed by atoms with E-state index in [-0.39, 0.29) is 29.6 Å². The quantitative estimate of drug-likeness (QED) is 0.295. The summed E-state index contributed by atoms with van der Waals surface area (Å²) in [5.41, 5.74) is 2.49. The smallest absolute Gasteiger partial charge is 0.397 e. The average Bonchev–Trinajstić information content (AvgIpc) is 2.59. The lowest BCUT2D eigenvalue weighted by atomic mass is 9.57. The second-order valence-electron chi connectivity index (χ2n) is 7.82. The number of aliphatic carboxylic acids is 1. The van der Waals surface area contributed by atoms with E-state index in [9.17, 15) is 13.2 Å². The van der Waals surface area contributed by atoms with Crippen molar-refractivity contribution in [3.63, 3.8) is 0 Å². The Hall–Kier alpha value is -1.70. The fraction of sp³-hybridized carbons (Fsp3) is 0.571. The van der Waals surface area contributed by atoms with Gasteiger partial charge in [-0.2, -0.15) is 8.42 Å². The number of fused-ring (bicyclic) bond motifs is 1. The standard InChI is InChI=1S/C21H30O6S/c1-5-13(2)20-14(3)12-16-10-11-18(27-28(24,25)26)15(4)21(16)17(20)8-6-7-9-19(22)23/h5-9,12,15-18,20-21H,10-11H2,1-4H3,(H,22,23)(H,24,25,26)/b8-6+,9-7+,13-5+. The minimum atomic E-state index is -4.51. The Balaban J connectivity index is 2.43. The summed E-state index contributed by atoms with van der Waals surface area (Å²) in [7, 11) is -4.51. The maximum Gasteiger partial charge on any atom is 0.397 e. The van der Waals surface area contributed by atoms with Crippen molar-refractivity contribution in [1.29, 1.82) is 0 Å². The zero-order valence-corrected chi connectivity index (χ0v) is 17.6. The van der Waals surface area contributed by atoms with Crippen molar-refractivity contribution in [2.24, 2.45) is 29.6 Å². The minimum Gasteiger partial charge on any atom is -0.478 e. The molecule has 7 heteroatoms. The number of rotatable bonds is 6. The lowest BCUT2D eigenvalue weighted by molar-refractivity contribution is -0.131. The fourth-order valence-electron chi connectivity index (χ4n) is 4.95. The first kappa shape index (κ1) is 22.6. The third-order valence-corrected chi connectivity index (χ3v) is 6.63. The van der Waals surface area contributed by atoms with Crippen LogP contribution in [0.5, 0.6) is 0 Å². The maximum absolute atomic E-state index is 11.3. The molecule has 0 aromatic heterocycles. The molecule has 0 heterocycles. The van der Waals surface area contributed by atoms with Crippen LogP contribution < -0.4 is 0 Å². The monoisotopic (exact) mass is 410 g/mol. The van der Waals surface area contributed by atoms with Crippen LogP contribution in [0.25, 0.3) is 0 Å². The van der Waals surface area contributed by atoms with E-state index in [0.717, 1.165) is 12.5 Å². The Morgan fingerprint density at radius 1 is 1.29 bits per heavy atom. The molecule has 1 fully saturated rings. The minimum absolute atomic E-state index is 0.0763. The Kier molecular flexibility index (Phi) is 7.42. The summed E-state index contributed by atoms with van der Waals surface area (Å²) in [6.07, 6.45) is 11.5. The van der Waals surface area contributed by atoms with Gasteiger partial charge in [0, 0.05) is 12.0 Å². The van der Waals surface area contributed by atoms with Crippen molar-refractivity contribution < 1.29 is 27.1 Å². The molecular weight excluding hydrogens is 380 g/mol. The van der Waals surface area contributed by atoms with Crippen LogP contribution in [0.2, 0.25) is 0 Å². The predicted octanol–water partition coefficient (Wildman–Crippen LogP) is 4.19. The van der Waals surface area contributed by atoms with E-state index in [2.05, 4.69) is 26.0 Å². The first-order valence-electron chi connectivity index (χ1n) is 9.59. The number of carbonyl (C=O) groups is 1. The average molecular weight is 411 g/mol. The van der Waals surface area contributed by atoms with Crippen LogP contribution in [0.15, 0.2) is 47.6 Å². The molecule has 2 aliphatic rings. The molecule has 0 aromatic rings. The largest absolute Gasteiger partial charge is 0.478 e. The molecule has 0 spiro atoms. The molecule has 6 atom stereocenters. The van der Waals surface area contributed by atoms with Crippen LogP contribution in [0.4, 0.5) is 0 Å². The van der Waals surface area contributed by atoms with Crippen molar-refractivity contribution in [1.82, 2.24) is 0 Å². The molecule has 0 aliphatic heterocycles. The molecule has 28 heavy (non-hydrogen) atoms. The normalized spacial score (nSPS) is 34.5. The van der Waals surface area contributed by atoms with E-state index >= 15 is 0 Å². The summed E-state index contributed by atoms with van der Waals surface area (Å²) in [5.74, 6) is -0.444. The van der Waals surface area contributed by atoms with Gasteiger partial charge in [-0.1, -0.05) is 48.5 Å². The van der Waals surface area contributed by atoms with Crippen LogP contribution in [0, 0.1) is 29.6 Å². The van der Waals surface area contributed by atoms with Crippen LogP contribution in [-0.4, -0.2) is 30.2 Å². The molecule has 2 rings (SSSR count). The molecule has 156 valence electrons. The van der Waals surface area contributed by atoms with Gasteiger partial charge >= 0.3 is 16.4 Å². The summed E-state index contributed by atoms with van der Waals surface area (Å²) in [5, 5.41) is 8.81.